The summed E-state index contributed by atoms with van der Waals surface area (Å²) in [6.45, 7) is 5.29. The minimum absolute atomic E-state index is 0.230. The minimum atomic E-state index is 0.230. The number of aryl methyl sites for hydroxylation is 2. The predicted molar refractivity (Wildman–Crippen MR) is 102 cm³/mol. The molecule has 1 aliphatic rings. The molecule has 2 unspecified atom stereocenters. The molecule has 0 amide bonds. The van der Waals surface area contributed by atoms with Gasteiger partial charge in [0.15, 0.2) is 0 Å². The summed E-state index contributed by atoms with van der Waals surface area (Å²) < 4.78 is 6.05. The first-order valence-electron chi connectivity index (χ1n) is 9.35. The Balaban J connectivity index is 1.89. The van der Waals surface area contributed by atoms with E-state index in [-0.39, 0.29) is 18.7 Å². The standard InChI is InChI=1S/C22H29NO2/c1-16-14-17(2)22-19(15-16)21(11-7-13-25-22)23-20(10-6-12-24)18-8-4-3-5-9-18/h3-5,8-9,14-15,20-21,23-24H,6-7,10-13H2,1-2H3. The van der Waals surface area contributed by atoms with Gasteiger partial charge in [-0.25, -0.2) is 0 Å². The van der Waals surface area contributed by atoms with Crippen LogP contribution in [-0.4, -0.2) is 18.3 Å². The second-order valence-electron chi connectivity index (χ2n) is 7.04. The van der Waals surface area contributed by atoms with Crippen LogP contribution in [0.5, 0.6) is 5.75 Å². The molecule has 2 N–H and O–H groups in total. The Kier molecular flexibility index (Phi) is 6.11. The molecular formula is C22H29NO2. The third-order valence-corrected chi connectivity index (χ3v) is 4.96. The Labute approximate surface area is 151 Å². The molecule has 25 heavy (non-hydrogen) atoms. The fourth-order valence-electron chi connectivity index (χ4n) is 3.80. The van der Waals surface area contributed by atoms with Crippen LogP contribution in [-0.2, 0) is 0 Å². The molecule has 2 aromatic carbocycles. The molecule has 1 heterocycles. The van der Waals surface area contributed by atoms with Gasteiger partial charge in [0, 0.05) is 24.3 Å². The molecule has 3 nitrogen and oxygen atoms in total. The van der Waals surface area contributed by atoms with Crippen molar-refractivity contribution in [3.8, 4) is 5.75 Å². The van der Waals surface area contributed by atoms with Gasteiger partial charge in [0.1, 0.15) is 5.75 Å². The normalized spacial score (nSPS) is 18.1. The maximum absolute atomic E-state index is 9.30. The molecule has 1 aliphatic heterocycles. The van der Waals surface area contributed by atoms with Gasteiger partial charge in [0.25, 0.3) is 0 Å². The van der Waals surface area contributed by atoms with Gasteiger partial charge in [-0.3, -0.25) is 0 Å². The Morgan fingerprint density at radius 3 is 2.76 bits per heavy atom. The van der Waals surface area contributed by atoms with E-state index >= 15 is 0 Å². The molecule has 3 rings (SSSR count). The van der Waals surface area contributed by atoms with Crippen molar-refractivity contribution >= 4 is 0 Å². The third-order valence-electron chi connectivity index (χ3n) is 4.96. The second-order valence-corrected chi connectivity index (χ2v) is 7.04. The summed E-state index contributed by atoms with van der Waals surface area (Å²) in [6.07, 6.45) is 3.85. The molecule has 0 aromatic heterocycles. The van der Waals surface area contributed by atoms with Gasteiger partial charge in [-0.05, 0) is 50.7 Å². The summed E-state index contributed by atoms with van der Waals surface area (Å²) in [5, 5.41) is 13.2. The molecule has 0 radical (unpaired) electrons. The van der Waals surface area contributed by atoms with Crippen LogP contribution in [0.2, 0.25) is 0 Å². The highest BCUT2D eigenvalue weighted by Crippen LogP contribution is 2.37. The van der Waals surface area contributed by atoms with Crippen molar-refractivity contribution in [1.82, 2.24) is 5.32 Å². The number of ether oxygens (including phenoxy) is 1. The molecular weight excluding hydrogens is 310 g/mol. The fourth-order valence-corrected chi connectivity index (χ4v) is 3.80. The van der Waals surface area contributed by atoms with Gasteiger partial charge in [-0.1, -0.05) is 48.0 Å². The van der Waals surface area contributed by atoms with E-state index in [2.05, 4.69) is 55.6 Å². The highest BCUT2D eigenvalue weighted by molar-refractivity contribution is 5.46. The third kappa shape index (κ3) is 4.42. The number of benzene rings is 2. The summed E-state index contributed by atoms with van der Waals surface area (Å²) in [6, 6.07) is 15.5. The fraction of sp³-hybridized carbons (Fsp3) is 0.455. The SMILES string of the molecule is Cc1cc(C)c2c(c1)C(NC(CCCO)c1ccccc1)CCCO2. The largest absolute Gasteiger partial charge is 0.493 e. The van der Waals surface area contributed by atoms with Gasteiger partial charge in [0.2, 0.25) is 0 Å². The van der Waals surface area contributed by atoms with Crippen molar-refractivity contribution in [2.24, 2.45) is 0 Å². The summed E-state index contributed by atoms with van der Waals surface area (Å²) in [5.74, 6) is 1.05. The predicted octanol–water partition coefficient (Wildman–Crippen LogP) is 4.62. The first-order chi connectivity index (χ1) is 12.2. The van der Waals surface area contributed by atoms with Crippen LogP contribution in [0.4, 0.5) is 0 Å². The van der Waals surface area contributed by atoms with E-state index in [0.29, 0.717) is 0 Å². The van der Waals surface area contributed by atoms with Crippen LogP contribution in [0.25, 0.3) is 0 Å². The van der Waals surface area contributed by atoms with E-state index in [0.717, 1.165) is 38.0 Å². The molecule has 134 valence electrons. The van der Waals surface area contributed by atoms with Gasteiger partial charge in [0.05, 0.1) is 6.61 Å². The Morgan fingerprint density at radius 2 is 2.00 bits per heavy atom. The van der Waals surface area contributed by atoms with E-state index in [1.807, 2.05) is 6.07 Å². The van der Waals surface area contributed by atoms with Crippen LogP contribution in [0.1, 0.15) is 60.0 Å². The van der Waals surface area contributed by atoms with Crippen LogP contribution >= 0.6 is 0 Å². The van der Waals surface area contributed by atoms with Gasteiger partial charge >= 0.3 is 0 Å². The molecule has 2 atom stereocenters. The molecule has 0 aliphatic carbocycles. The zero-order valence-electron chi connectivity index (χ0n) is 15.3. The zero-order valence-corrected chi connectivity index (χ0v) is 15.3. The molecule has 0 spiro atoms. The lowest BCUT2D eigenvalue weighted by Crippen LogP contribution is -2.27. The monoisotopic (exact) mass is 339 g/mol. The zero-order chi connectivity index (χ0) is 17.6. The topological polar surface area (TPSA) is 41.5 Å². The van der Waals surface area contributed by atoms with E-state index in [9.17, 15) is 5.11 Å². The average Bonchev–Trinajstić information content (AvgIpc) is 2.82. The maximum Gasteiger partial charge on any atom is 0.126 e. The number of aliphatic hydroxyl groups excluding tert-OH is 1. The van der Waals surface area contributed by atoms with E-state index in [1.165, 1.54) is 22.3 Å². The number of hydrogen-bond acceptors (Lipinski definition) is 3. The smallest absolute Gasteiger partial charge is 0.126 e. The summed E-state index contributed by atoms with van der Waals surface area (Å²) in [7, 11) is 0. The number of nitrogens with one attached hydrogen (secondary N) is 1. The molecule has 0 saturated carbocycles. The van der Waals surface area contributed by atoms with Crippen molar-refractivity contribution in [3.63, 3.8) is 0 Å². The lowest BCUT2D eigenvalue weighted by molar-refractivity contribution is 0.270. The van der Waals surface area contributed by atoms with Crippen LogP contribution in [0.15, 0.2) is 42.5 Å². The molecule has 0 saturated heterocycles. The maximum atomic E-state index is 9.30. The summed E-state index contributed by atoms with van der Waals surface area (Å²) >= 11 is 0. The van der Waals surface area contributed by atoms with Gasteiger partial charge in [-0.2, -0.15) is 0 Å². The average molecular weight is 339 g/mol. The number of rotatable bonds is 6. The Bertz CT molecular complexity index is 684. The van der Waals surface area contributed by atoms with Gasteiger partial charge in [-0.15, -0.1) is 0 Å². The van der Waals surface area contributed by atoms with Crippen molar-refractivity contribution < 1.29 is 9.84 Å². The number of aliphatic hydroxyl groups is 1. The first-order valence-corrected chi connectivity index (χ1v) is 9.35. The quantitative estimate of drug-likeness (QED) is 0.807. The molecule has 2 aromatic rings. The highest BCUT2D eigenvalue weighted by Gasteiger charge is 2.24. The number of fused-ring (bicyclic) bond motifs is 1. The van der Waals surface area contributed by atoms with Crippen molar-refractivity contribution in [2.45, 2.75) is 51.6 Å². The molecule has 3 heteroatoms. The van der Waals surface area contributed by atoms with Crippen molar-refractivity contribution in [1.29, 1.82) is 0 Å². The van der Waals surface area contributed by atoms with E-state index < -0.39 is 0 Å². The van der Waals surface area contributed by atoms with Crippen LogP contribution in [0, 0.1) is 13.8 Å². The van der Waals surface area contributed by atoms with Crippen LogP contribution < -0.4 is 10.1 Å². The Morgan fingerprint density at radius 1 is 1.20 bits per heavy atom. The summed E-state index contributed by atoms with van der Waals surface area (Å²) in [5.41, 5.74) is 5.06. The van der Waals surface area contributed by atoms with Crippen LogP contribution in [0.3, 0.4) is 0 Å². The Hall–Kier alpha value is -1.84. The van der Waals surface area contributed by atoms with Crippen molar-refractivity contribution in [3.05, 3.63) is 64.7 Å². The lowest BCUT2D eigenvalue weighted by atomic mass is 9.94. The number of hydrogen-bond donors (Lipinski definition) is 2. The second kappa shape index (κ2) is 8.50. The van der Waals surface area contributed by atoms with E-state index in [1.54, 1.807) is 0 Å². The van der Waals surface area contributed by atoms with Gasteiger partial charge < -0.3 is 15.2 Å². The molecule has 0 fully saturated rings. The highest BCUT2D eigenvalue weighted by atomic mass is 16.5. The molecule has 0 bridgehead atoms. The first kappa shape index (κ1) is 18.0. The lowest BCUT2D eigenvalue weighted by Gasteiger charge is -2.27. The summed E-state index contributed by atoms with van der Waals surface area (Å²) in [4.78, 5) is 0. The minimum Gasteiger partial charge on any atom is -0.493 e. The van der Waals surface area contributed by atoms with Crippen molar-refractivity contribution in [2.75, 3.05) is 13.2 Å². The van der Waals surface area contributed by atoms with E-state index in [4.69, 9.17) is 4.74 Å².